The molecule has 0 aromatic rings. The van der Waals surface area contributed by atoms with E-state index in [1.807, 2.05) is 0 Å². The van der Waals surface area contributed by atoms with E-state index in [9.17, 15) is 0 Å². The van der Waals surface area contributed by atoms with Gasteiger partial charge in [0, 0.05) is 5.88 Å². The zero-order chi connectivity index (χ0) is 7.11. The zero-order valence-electron chi connectivity index (χ0n) is 5.25. The van der Waals surface area contributed by atoms with Crippen molar-refractivity contribution >= 4 is 41.2 Å². The predicted octanol–water partition coefficient (Wildman–Crippen LogP) is 3.09. The molecule has 4 heteroatoms. The molecule has 0 N–H and O–H groups in total. The van der Waals surface area contributed by atoms with Gasteiger partial charge in [0.1, 0.15) is 0 Å². The number of hydrogen-bond donors (Lipinski definition) is 0. The van der Waals surface area contributed by atoms with Crippen LogP contribution in [-0.2, 0) is 0 Å². The molecule has 0 aliphatic rings. The molecule has 0 radical (unpaired) electrons. The SMILES string of the molecule is ClCCCCC[SiH](Cl)Cl. The van der Waals surface area contributed by atoms with E-state index in [-0.39, 0.29) is 0 Å². The molecule has 0 amide bonds. The Bertz CT molecular complexity index is 58.2. The van der Waals surface area contributed by atoms with Crippen LogP contribution in [0.1, 0.15) is 19.3 Å². The summed E-state index contributed by atoms with van der Waals surface area (Å²) >= 11 is 16.7. The Morgan fingerprint density at radius 3 is 2.11 bits per heavy atom. The Morgan fingerprint density at radius 1 is 1.00 bits per heavy atom. The first-order chi connectivity index (χ1) is 4.27. The first-order valence-electron chi connectivity index (χ1n) is 3.11. The average molecular weight is 206 g/mol. The number of hydrogen-bond acceptors (Lipinski definition) is 0. The first kappa shape index (κ1) is 10.1. The third-order valence-corrected chi connectivity index (χ3v) is 3.48. The fourth-order valence-electron chi connectivity index (χ4n) is 0.570. The zero-order valence-corrected chi connectivity index (χ0v) is 8.67. The summed E-state index contributed by atoms with van der Waals surface area (Å²) in [4.78, 5) is 0. The second kappa shape index (κ2) is 7.20. The standard InChI is InChI=1S/C5H11Cl3Si/c6-4-2-1-3-5-9(7)8/h9H,1-5H2. The van der Waals surface area contributed by atoms with Crippen LogP contribution < -0.4 is 0 Å². The number of rotatable bonds is 5. The van der Waals surface area contributed by atoms with Gasteiger partial charge in [0.2, 0.25) is 7.42 Å². The molecule has 0 rings (SSSR count). The fourth-order valence-corrected chi connectivity index (χ4v) is 2.28. The highest BCUT2D eigenvalue weighted by molar-refractivity contribution is 7.33. The highest BCUT2D eigenvalue weighted by Gasteiger charge is 1.99. The molecule has 0 saturated heterocycles. The van der Waals surface area contributed by atoms with Crippen molar-refractivity contribution < 1.29 is 0 Å². The number of alkyl halides is 1. The quantitative estimate of drug-likeness (QED) is 0.280. The van der Waals surface area contributed by atoms with Crippen molar-refractivity contribution in [3.8, 4) is 0 Å². The summed E-state index contributed by atoms with van der Waals surface area (Å²) in [6.45, 7) is 0. The number of unbranched alkanes of at least 4 members (excludes halogenated alkanes) is 2. The molecule has 56 valence electrons. The van der Waals surface area contributed by atoms with Crippen LogP contribution in [0.4, 0.5) is 0 Å². The molecule has 0 fully saturated rings. The van der Waals surface area contributed by atoms with Crippen LogP contribution in [0.25, 0.3) is 0 Å². The van der Waals surface area contributed by atoms with Gasteiger partial charge >= 0.3 is 0 Å². The minimum atomic E-state index is -1.31. The Hall–Kier alpha value is 1.09. The molecular weight excluding hydrogens is 194 g/mol. The molecule has 0 aliphatic carbocycles. The first-order valence-corrected chi connectivity index (χ1v) is 7.95. The van der Waals surface area contributed by atoms with Crippen LogP contribution in [-0.4, -0.2) is 13.3 Å². The molecule has 0 aromatic carbocycles. The van der Waals surface area contributed by atoms with Crippen LogP contribution >= 0.6 is 33.8 Å². The van der Waals surface area contributed by atoms with Gasteiger partial charge in [-0.1, -0.05) is 12.8 Å². The minimum Gasteiger partial charge on any atom is -0.150 e. The van der Waals surface area contributed by atoms with Gasteiger partial charge in [0.05, 0.1) is 0 Å². The van der Waals surface area contributed by atoms with Gasteiger partial charge in [-0.05, 0) is 12.5 Å². The predicted molar refractivity (Wildman–Crippen MR) is 48.2 cm³/mol. The Morgan fingerprint density at radius 2 is 1.67 bits per heavy atom. The van der Waals surface area contributed by atoms with E-state index in [2.05, 4.69) is 0 Å². The molecule has 0 unspecified atom stereocenters. The van der Waals surface area contributed by atoms with Gasteiger partial charge in [-0.2, -0.15) is 22.2 Å². The lowest BCUT2D eigenvalue weighted by Crippen LogP contribution is -1.90. The summed E-state index contributed by atoms with van der Waals surface area (Å²) in [7, 11) is -1.31. The molecular formula is C5H11Cl3Si. The molecule has 9 heavy (non-hydrogen) atoms. The third-order valence-electron chi connectivity index (χ3n) is 1.06. The van der Waals surface area contributed by atoms with Crippen LogP contribution in [0.5, 0.6) is 0 Å². The van der Waals surface area contributed by atoms with E-state index in [1.54, 1.807) is 0 Å². The second-order valence-electron chi connectivity index (χ2n) is 1.93. The van der Waals surface area contributed by atoms with Crippen molar-refractivity contribution in [2.24, 2.45) is 0 Å². The Labute approximate surface area is 72.5 Å². The Kier molecular flexibility index (Phi) is 8.07. The molecule has 0 aliphatic heterocycles. The van der Waals surface area contributed by atoms with Gasteiger partial charge in [-0.3, -0.25) is 0 Å². The van der Waals surface area contributed by atoms with E-state index in [4.69, 9.17) is 33.8 Å². The monoisotopic (exact) mass is 204 g/mol. The van der Waals surface area contributed by atoms with Gasteiger partial charge in [0.25, 0.3) is 0 Å². The van der Waals surface area contributed by atoms with E-state index >= 15 is 0 Å². The maximum absolute atomic E-state index is 5.63. The highest BCUT2D eigenvalue weighted by Crippen LogP contribution is 2.09. The molecule has 0 bridgehead atoms. The summed E-state index contributed by atoms with van der Waals surface area (Å²) in [5.74, 6) is 0.761. The molecule has 0 atom stereocenters. The Balaban J connectivity index is 2.75. The minimum absolute atomic E-state index is 0.761. The van der Waals surface area contributed by atoms with Crippen molar-refractivity contribution in [1.29, 1.82) is 0 Å². The van der Waals surface area contributed by atoms with Crippen LogP contribution in [0, 0.1) is 0 Å². The summed E-state index contributed by atoms with van der Waals surface area (Å²) in [6, 6.07) is 1.03. The van der Waals surface area contributed by atoms with Crippen molar-refractivity contribution in [2.75, 3.05) is 5.88 Å². The smallest absolute Gasteiger partial charge is 0.150 e. The fraction of sp³-hybridized carbons (Fsp3) is 1.00. The molecule has 0 nitrogen and oxygen atoms in total. The van der Waals surface area contributed by atoms with E-state index < -0.39 is 7.42 Å². The molecule has 0 spiro atoms. The second-order valence-corrected chi connectivity index (χ2v) is 7.50. The van der Waals surface area contributed by atoms with Crippen LogP contribution in [0.15, 0.2) is 0 Å². The molecule has 0 heterocycles. The van der Waals surface area contributed by atoms with Crippen molar-refractivity contribution in [3.63, 3.8) is 0 Å². The third kappa shape index (κ3) is 9.09. The maximum atomic E-state index is 5.63. The normalized spacial score (nSPS) is 10.7. The van der Waals surface area contributed by atoms with Gasteiger partial charge in [-0.15, -0.1) is 11.6 Å². The van der Waals surface area contributed by atoms with Gasteiger partial charge in [0.15, 0.2) is 0 Å². The lowest BCUT2D eigenvalue weighted by atomic mass is 10.3. The van der Waals surface area contributed by atoms with Gasteiger partial charge in [-0.25, -0.2) is 0 Å². The summed E-state index contributed by atoms with van der Waals surface area (Å²) < 4.78 is 0. The van der Waals surface area contributed by atoms with E-state index in [1.165, 1.54) is 6.42 Å². The topological polar surface area (TPSA) is 0 Å². The summed E-state index contributed by atoms with van der Waals surface area (Å²) in [6.07, 6.45) is 3.42. The van der Waals surface area contributed by atoms with Crippen molar-refractivity contribution in [1.82, 2.24) is 0 Å². The van der Waals surface area contributed by atoms with Crippen molar-refractivity contribution in [3.05, 3.63) is 0 Å². The van der Waals surface area contributed by atoms with Crippen LogP contribution in [0.2, 0.25) is 6.04 Å². The lowest BCUT2D eigenvalue weighted by Gasteiger charge is -1.96. The maximum Gasteiger partial charge on any atom is 0.237 e. The summed E-state index contributed by atoms with van der Waals surface area (Å²) in [5.41, 5.74) is 0. The largest absolute Gasteiger partial charge is 0.237 e. The van der Waals surface area contributed by atoms with Gasteiger partial charge < -0.3 is 0 Å². The van der Waals surface area contributed by atoms with E-state index in [0.717, 1.165) is 24.8 Å². The molecule has 0 saturated carbocycles. The van der Waals surface area contributed by atoms with Crippen LogP contribution in [0.3, 0.4) is 0 Å². The summed E-state index contributed by atoms with van der Waals surface area (Å²) in [5, 5.41) is 0. The lowest BCUT2D eigenvalue weighted by molar-refractivity contribution is 0.774. The van der Waals surface area contributed by atoms with Crippen molar-refractivity contribution in [2.45, 2.75) is 25.3 Å². The average Bonchev–Trinajstić information content (AvgIpc) is 1.80. The highest BCUT2D eigenvalue weighted by atomic mass is 35.7. The molecule has 0 aromatic heterocycles. The number of halogens is 3. The van der Waals surface area contributed by atoms with E-state index in [0.29, 0.717) is 0 Å².